The number of benzene rings is 1. The molecule has 0 N–H and O–H groups in total. The Morgan fingerprint density at radius 1 is 0.886 bits per heavy atom. The van der Waals surface area contributed by atoms with E-state index in [1.54, 1.807) is 6.92 Å². The quantitative estimate of drug-likeness (QED) is 0.246. The average molecular weight is 509 g/mol. The Kier molecular flexibility index (Phi) is 11.2. The third-order valence-electron chi connectivity index (χ3n) is 8.04. The Hall–Kier alpha value is -1.03. The number of rotatable bonds is 14. The lowest BCUT2D eigenvalue weighted by atomic mass is 9.84. The van der Waals surface area contributed by atoms with E-state index in [-0.39, 0.29) is 11.4 Å². The van der Waals surface area contributed by atoms with Crippen molar-refractivity contribution in [3.05, 3.63) is 22.3 Å². The van der Waals surface area contributed by atoms with Crippen LogP contribution in [0.15, 0.2) is 0 Å². The molecule has 0 aromatic heterocycles. The van der Waals surface area contributed by atoms with Gasteiger partial charge in [-0.2, -0.15) is 0 Å². The summed E-state index contributed by atoms with van der Waals surface area (Å²) in [6.07, 6.45) is 13.1. The molecule has 6 heteroatoms. The van der Waals surface area contributed by atoms with Gasteiger partial charge in [0.1, 0.15) is 24.9 Å². The van der Waals surface area contributed by atoms with Gasteiger partial charge < -0.3 is 23.6 Å². The van der Waals surface area contributed by atoms with Crippen LogP contribution in [0, 0.1) is 38.5 Å². The van der Waals surface area contributed by atoms with Crippen molar-refractivity contribution in [2.24, 2.45) is 17.8 Å². The molecule has 1 aromatic rings. The van der Waals surface area contributed by atoms with Gasteiger partial charge in [-0.3, -0.25) is 0 Å². The molecule has 2 rings (SSSR count). The minimum Gasteiger partial charge on any atom is -0.780 e. The van der Waals surface area contributed by atoms with Crippen LogP contribution in [0.1, 0.15) is 121 Å². The van der Waals surface area contributed by atoms with Crippen molar-refractivity contribution in [2.45, 2.75) is 132 Å². The summed E-state index contributed by atoms with van der Waals surface area (Å²) < 4.78 is 22.6. The lowest BCUT2D eigenvalue weighted by molar-refractivity contribution is -0.333. The fraction of sp³-hybridized carbons (Fsp3) is 0.793. The second-order valence-electron chi connectivity index (χ2n) is 12.0. The van der Waals surface area contributed by atoms with E-state index in [2.05, 4.69) is 34.6 Å². The monoisotopic (exact) mass is 508 g/mol. The SMILES string of the molecule is Cc1c(C)c2c(c(C)c1OP(=O)([O-])[O-])CC[C@@](C)(CCC[C@H](C)CCC[C@H](C)CCCC(C)C)O2. The smallest absolute Gasteiger partial charge is 0.130 e. The minimum absolute atomic E-state index is 0.171. The van der Waals surface area contributed by atoms with E-state index in [9.17, 15) is 14.4 Å². The Balaban J connectivity index is 1.85. The van der Waals surface area contributed by atoms with Gasteiger partial charge in [-0.05, 0) is 87.8 Å². The number of phosphoric acid groups is 1. The standard InChI is InChI=1S/C29H51O5P/c1-20(2)12-9-13-21(3)14-10-15-22(4)16-11-18-29(8)19-17-26-25(7)27(34-35(30,31)32)23(5)24(6)28(26)33-29/h20-22H,9-19H2,1-8H3,(H2,30,31,32)/p-2/t21-,22-,29-/m1/s1. The first-order chi connectivity index (χ1) is 16.2. The van der Waals surface area contributed by atoms with Crippen LogP contribution in [0.3, 0.4) is 0 Å². The van der Waals surface area contributed by atoms with Crippen molar-refractivity contribution in [1.82, 2.24) is 0 Å². The summed E-state index contributed by atoms with van der Waals surface area (Å²) in [5.74, 6) is 3.40. The van der Waals surface area contributed by atoms with E-state index in [0.29, 0.717) is 11.1 Å². The van der Waals surface area contributed by atoms with Crippen LogP contribution in [-0.4, -0.2) is 5.60 Å². The zero-order chi connectivity index (χ0) is 26.4. The van der Waals surface area contributed by atoms with Crippen LogP contribution in [0.4, 0.5) is 0 Å². The van der Waals surface area contributed by atoms with Crippen molar-refractivity contribution in [3.63, 3.8) is 0 Å². The van der Waals surface area contributed by atoms with Crippen molar-refractivity contribution >= 4 is 7.82 Å². The third-order valence-corrected chi connectivity index (χ3v) is 8.45. The molecule has 0 unspecified atom stereocenters. The molecule has 1 aromatic carbocycles. The largest absolute Gasteiger partial charge is 0.780 e. The number of hydrogen-bond acceptors (Lipinski definition) is 5. The molecule has 0 aliphatic carbocycles. The maximum atomic E-state index is 11.2. The molecule has 0 amide bonds. The van der Waals surface area contributed by atoms with Gasteiger partial charge in [-0.1, -0.05) is 72.6 Å². The second kappa shape index (κ2) is 13.0. The Morgan fingerprint density at radius 2 is 1.43 bits per heavy atom. The van der Waals surface area contributed by atoms with Gasteiger partial charge in [-0.15, -0.1) is 0 Å². The van der Waals surface area contributed by atoms with Crippen molar-refractivity contribution < 1.29 is 23.6 Å². The number of phosphoric ester groups is 1. The van der Waals surface area contributed by atoms with Crippen LogP contribution in [0.2, 0.25) is 0 Å². The van der Waals surface area contributed by atoms with Gasteiger partial charge in [0, 0.05) is 5.56 Å². The summed E-state index contributed by atoms with van der Waals surface area (Å²) in [7, 11) is -5.11. The van der Waals surface area contributed by atoms with Crippen LogP contribution in [0.25, 0.3) is 0 Å². The summed E-state index contributed by atoms with van der Waals surface area (Å²) in [6, 6.07) is 0. The molecule has 1 aliphatic rings. The van der Waals surface area contributed by atoms with Gasteiger partial charge in [0.2, 0.25) is 0 Å². The zero-order valence-corrected chi connectivity index (χ0v) is 24.4. The topological polar surface area (TPSA) is 81.7 Å². The molecule has 0 saturated carbocycles. The maximum Gasteiger partial charge on any atom is 0.130 e. The summed E-state index contributed by atoms with van der Waals surface area (Å²) >= 11 is 0. The first kappa shape index (κ1) is 30.2. The van der Waals surface area contributed by atoms with E-state index in [1.807, 2.05) is 13.8 Å². The van der Waals surface area contributed by atoms with Crippen LogP contribution in [-0.2, 0) is 11.0 Å². The fourth-order valence-corrected chi connectivity index (χ4v) is 6.01. The highest BCUT2D eigenvalue weighted by Gasteiger charge is 2.34. The van der Waals surface area contributed by atoms with Crippen LogP contribution in [0.5, 0.6) is 11.5 Å². The molecule has 0 radical (unpaired) electrons. The molecular weight excluding hydrogens is 459 g/mol. The first-order valence-corrected chi connectivity index (χ1v) is 15.2. The second-order valence-corrected chi connectivity index (χ2v) is 13.0. The lowest BCUT2D eigenvalue weighted by Crippen LogP contribution is -2.37. The molecule has 35 heavy (non-hydrogen) atoms. The Bertz CT molecular complexity index is 875. The lowest BCUT2D eigenvalue weighted by Gasteiger charge is -2.39. The molecular formula is C29H49O5P-2. The van der Waals surface area contributed by atoms with E-state index in [1.165, 1.54) is 44.9 Å². The highest BCUT2D eigenvalue weighted by Crippen LogP contribution is 2.47. The summed E-state index contributed by atoms with van der Waals surface area (Å²) in [4.78, 5) is 22.5. The van der Waals surface area contributed by atoms with Crippen molar-refractivity contribution in [1.29, 1.82) is 0 Å². The zero-order valence-electron chi connectivity index (χ0n) is 23.5. The predicted molar refractivity (Wildman–Crippen MR) is 141 cm³/mol. The molecule has 1 aliphatic heterocycles. The first-order valence-electron chi connectivity index (χ1n) is 13.8. The van der Waals surface area contributed by atoms with Gasteiger partial charge >= 0.3 is 0 Å². The molecule has 0 saturated heterocycles. The third kappa shape index (κ3) is 9.41. The molecule has 0 spiro atoms. The molecule has 0 bridgehead atoms. The van der Waals surface area contributed by atoms with Crippen molar-refractivity contribution in [2.75, 3.05) is 0 Å². The van der Waals surface area contributed by atoms with E-state index in [0.717, 1.165) is 60.3 Å². The minimum atomic E-state index is -5.11. The van der Waals surface area contributed by atoms with Crippen LogP contribution >= 0.6 is 7.82 Å². The molecule has 1 heterocycles. The van der Waals surface area contributed by atoms with E-state index >= 15 is 0 Å². The fourth-order valence-electron chi connectivity index (χ4n) is 5.51. The summed E-state index contributed by atoms with van der Waals surface area (Å²) in [6.45, 7) is 17.1. The Labute approximate surface area is 214 Å². The highest BCUT2D eigenvalue weighted by molar-refractivity contribution is 7.43. The molecule has 5 nitrogen and oxygen atoms in total. The predicted octanol–water partition coefficient (Wildman–Crippen LogP) is 7.34. The van der Waals surface area contributed by atoms with Gasteiger partial charge in [0.15, 0.2) is 0 Å². The number of ether oxygens (including phenoxy) is 1. The maximum absolute atomic E-state index is 11.2. The number of fused-ring (bicyclic) bond motifs is 1. The van der Waals surface area contributed by atoms with Gasteiger partial charge in [0.25, 0.3) is 0 Å². The van der Waals surface area contributed by atoms with E-state index < -0.39 is 7.82 Å². The van der Waals surface area contributed by atoms with E-state index in [4.69, 9.17) is 9.26 Å². The molecule has 0 fully saturated rings. The Morgan fingerprint density at radius 3 is 1.97 bits per heavy atom. The van der Waals surface area contributed by atoms with Crippen molar-refractivity contribution in [3.8, 4) is 11.5 Å². The van der Waals surface area contributed by atoms with Gasteiger partial charge in [0.05, 0.1) is 0 Å². The molecule has 3 atom stereocenters. The highest BCUT2D eigenvalue weighted by atomic mass is 31.2. The number of hydrogen-bond donors (Lipinski definition) is 0. The summed E-state index contributed by atoms with van der Waals surface area (Å²) in [5, 5.41) is 0. The van der Waals surface area contributed by atoms with Gasteiger partial charge in [-0.25, -0.2) is 0 Å². The van der Waals surface area contributed by atoms with Crippen LogP contribution < -0.4 is 19.0 Å². The molecule has 202 valence electrons. The summed E-state index contributed by atoms with van der Waals surface area (Å²) in [5.41, 5.74) is 2.95. The normalized spacial score (nSPS) is 19.9. The average Bonchev–Trinajstić information content (AvgIpc) is 2.74.